The van der Waals surface area contributed by atoms with Gasteiger partial charge in [0.1, 0.15) is 0 Å². The van der Waals surface area contributed by atoms with E-state index < -0.39 is 0 Å². The summed E-state index contributed by atoms with van der Waals surface area (Å²) in [7, 11) is 0. The molecule has 0 bridgehead atoms. The van der Waals surface area contributed by atoms with Gasteiger partial charge < -0.3 is 5.32 Å². The first-order valence-electron chi connectivity index (χ1n) is 5.52. The molecule has 90 valence electrons. The highest BCUT2D eigenvalue weighted by atomic mass is 35.5. The second-order valence-electron chi connectivity index (χ2n) is 3.91. The zero-order chi connectivity index (χ0) is 12.4. The number of carbonyl (C=O) groups excluding carboxylic acids is 2. The molecule has 3 amide bonds. The number of halogens is 1. The summed E-state index contributed by atoms with van der Waals surface area (Å²) in [5, 5.41) is 3.21. The Bertz CT molecular complexity index is 474. The maximum Gasteiger partial charge on any atom is 0.328 e. The van der Waals surface area contributed by atoms with Crippen molar-refractivity contribution >= 4 is 29.2 Å². The van der Waals surface area contributed by atoms with Gasteiger partial charge in [-0.2, -0.15) is 0 Å². The van der Waals surface area contributed by atoms with Crippen LogP contribution in [0.2, 0.25) is 5.02 Å². The fourth-order valence-corrected chi connectivity index (χ4v) is 1.97. The van der Waals surface area contributed by atoms with E-state index in [9.17, 15) is 9.59 Å². The molecule has 0 atom stereocenters. The largest absolute Gasteiger partial charge is 0.337 e. The van der Waals surface area contributed by atoms with Crippen molar-refractivity contribution in [2.75, 3.05) is 11.4 Å². The number of imide groups is 1. The summed E-state index contributed by atoms with van der Waals surface area (Å²) >= 11 is 5.88. The van der Waals surface area contributed by atoms with E-state index in [1.54, 1.807) is 18.2 Å². The van der Waals surface area contributed by atoms with E-state index in [1.807, 2.05) is 6.92 Å². The topological polar surface area (TPSA) is 49.4 Å². The van der Waals surface area contributed by atoms with Crippen molar-refractivity contribution in [3.8, 4) is 0 Å². The van der Waals surface area contributed by atoms with E-state index in [0.29, 0.717) is 17.3 Å². The molecule has 0 spiro atoms. The molecule has 4 nitrogen and oxygen atoms in total. The molecule has 1 aromatic rings. The van der Waals surface area contributed by atoms with Crippen molar-refractivity contribution in [2.24, 2.45) is 0 Å². The summed E-state index contributed by atoms with van der Waals surface area (Å²) in [4.78, 5) is 24.8. The Morgan fingerprint density at radius 3 is 3.00 bits per heavy atom. The van der Waals surface area contributed by atoms with Crippen molar-refractivity contribution in [1.82, 2.24) is 5.32 Å². The Labute approximate surface area is 105 Å². The van der Waals surface area contributed by atoms with Gasteiger partial charge >= 0.3 is 6.03 Å². The van der Waals surface area contributed by atoms with Crippen molar-refractivity contribution < 1.29 is 9.59 Å². The van der Waals surface area contributed by atoms with Crippen LogP contribution in [0.4, 0.5) is 10.5 Å². The summed E-state index contributed by atoms with van der Waals surface area (Å²) < 4.78 is 0. The lowest BCUT2D eigenvalue weighted by Crippen LogP contribution is -2.42. The van der Waals surface area contributed by atoms with Gasteiger partial charge in [-0.15, -0.1) is 0 Å². The molecule has 0 aromatic heterocycles. The second kappa shape index (κ2) is 4.75. The van der Waals surface area contributed by atoms with E-state index in [4.69, 9.17) is 11.6 Å². The van der Waals surface area contributed by atoms with Gasteiger partial charge in [0.2, 0.25) is 5.91 Å². The zero-order valence-corrected chi connectivity index (χ0v) is 10.3. The number of urea groups is 1. The minimum atomic E-state index is -0.377. The van der Waals surface area contributed by atoms with Crippen LogP contribution in [0.15, 0.2) is 18.2 Å². The van der Waals surface area contributed by atoms with Gasteiger partial charge in [0.25, 0.3) is 0 Å². The lowest BCUT2D eigenvalue weighted by Gasteiger charge is -2.16. The van der Waals surface area contributed by atoms with Gasteiger partial charge in [0.05, 0.1) is 12.1 Å². The quantitative estimate of drug-likeness (QED) is 0.878. The van der Waals surface area contributed by atoms with Crippen LogP contribution >= 0.6 is 11.6 Å². The lowest BCUT2D eigenvalue weighted by molar-refractivity contribution is -0.116. The van der Waals surface area contributed by atoms with Crippen LogP contribution < -0.4 is 10.2 Å². The van der Waals surface area contributed by atoms with Crippen LogP contribution in [0.25, 0.3) is 0 Å². The molecule has 1 aromatic carbocycles. The molecule has 5 heteroatoms. The average molecular weight is 253 g/mol. The molecule has 1 heterocycles. The van der Waals surface area contributed by atoms with E-state index in [1.165, 1.54) is 0 Å². The molecule has 2 rings (SSSR count). The number of nitrogens with zero attached hydrogens (tertiary/aromatic N) is 1. The van der Waals surface area contributed by atoms with E-state index >= 15 is 0 Å². The van der Waals surface area contributed by atoms with Crippen molar-refractivity contribution in [2.45, 2.75) is 19.8 Å². The number of fused-ring (bicyclic) bond motifs is 1. The SMILES string of the molecule is CCCNC(=O)N1C(=O)Cc2ccc(Cl)cc21. The number of carbonyl (C=O) groups is 2. The van der Waals surface area contributed by atoms with Gasteiger partial charge in [-0.3, -0.25) is 4.79 Å². The Balaban J connectivity index is 2.27. The Morgan fingerprint density at radius 1 is 1.53 bits per heavy atom. The van der Waals surface area contributed by atoms with E-state index in [-0.39, 0.29) is 18.4 Å². The summed E-state index contributed by atoms with van der Waals surface area (Å²) in [6, 6.07) is 4.77. The third-order valence-corrected chi connectivity index (χ3v) is 2.84. The molecule has 1 aliphatic heterocycles. The fourth-order valence-electron chi connectivity index (χ4n) is 1.80. The highest BCUT2D eigenvalue weighted by molar-refractivity contribution is 6.31. The zero-order valence-electron chi connectivity index (χ0n) is 9.50. The number of hydrogen-bond donors (Lipinski definition) is 1. The van der Waals surface area contributed by atoms with Crippen LogP contribution in [0.5, 0.6) is 0 Å². The number of anilines is 1. The van der Waals surface area contributed by atoms with Crippen molar-refractivity contribution in [3.05, 3.63) is 28.8 Å². The predicted octanol–water partition coefficient (Wildman–Crippen LogP) is 2.35. The third-order valence-electron chi connectivity index (χ3n) is 2.61. The number of amides is 3. The molecule has 1 aliphatic rings. The lowest BCUT2D eigenvalue weighted by atomic mass is 10.2. The normalized spacial score (nSPS) is 13.8. The first-order chi connectivity index (χ1) is 8.13. The summed E-state index contributed by atoms with van der Waals surface area (Å²) in [5.41, 5.74) is 1.43. The Kier molecular flexibility index (Phi) is 3.33. The summed E-state index contributed by atoms with van der Waals surface area (Å²) in [5.74, 6) is -0.212. The molecule has 17 heavy (non-hydrogen) atoms. The summed E-state index contributed by atoms with van der Waals surface area (Å²) in [6.07, 6.45) is 1.09. The maximum atomic E-state index is 11.8. The molecule has 0 saturated heterocycles. The Hall–Kier alpha value is -1.55. The minimum absolute atomic E-state index is 0.212. The first kappa shape index (κ1) is 11.9. The van der Waals surface area contributed by atoms with Crippen LogP contribution in [0.1, 0.15) is 18.9 Å². The maximum absolute atomic E-state index is 11.8. The van der Waals surface area contributed by atoms with Gasteiger partial charge in [-0.1, -0.05) is 24.6 Å². The van der Waals surface area contributed by atoms with E-state index in [2.05, 4.69) is 5.32 Å². The van der Waals surface area contributed by atoms with Crippen molar-refractivity contribution in [1.29, 1.82) is 0 Å². The predicted molar refractivity (Wildman–Crippen MR) is 66.3 cm³/mol. The molecule has 0 aliphatic carbocycles. The molecule has 0 fully saturated rings. The highest BCUT2D eigenvalue weighted by Crippen LogP contribution is 2.31. The number of hydrogen-bond acceptors (Lipinski definition) is 2. The molecule has 0 radical (unpaired) electrons. The summed E-state index contributed by atoms with van der Waals surface area (Å²) in [6.45, 7) is 2.51. The number of benzene rings is 1. The van der Waals surface area contributed by atoms with Crippen LogP contribution in [-0.2, 0) is 11.2 Å². The monoisotopic (exact) mass is 252 g/mol. The van der Waals surface area contributed by atoms with Crippen LogP contribution in [0, 0.1) is 0 Å². The van der Waals surface area contributed by atoms with Gasteiger partial charge in [-0.25, -0.2) is 9.69 Å². The van der Waals surface area contributed by atoms with Gasteiger partial charge in [0.15, 0.2) is 0 Å². The van der Waals surface area contributed by atoms with E-state index in [0.717, 1.165) is 16.9 Å². The molecule has 1 N–H and O–H groups in total. The van der Waals surface area contributed by atoms with Crippen LogP contribution in [-0.4, -0.2) is 18.5 Å². The van der Waals surface area contributed by atoms with Crippen molar-refractivity contribution in [3.63, 3.8) is 0 Å². The first-order valence-corrected chi connectivity index (χ1v) is 5.90. The van der Waals surface area contributed by atoms with Gasteiger partial charge in [-0.05, 0) is 24.1 Å². The Morgan fingerprint density at radius 2 is 2.29 bits per heavy atom. The minimum Gasteiger partial charge on any atom is -0.337 e. The molecule has 0 saturated carbocycles. The fraction of sp³-hybridized carbons (Fsp3) is 0.333. The standard InChI is InChI=1S/C12H13ClN2O2/c1-2-5-14-12(17)15-10-7-9(13)4-3-8(10)6-11(15)16/h3-4,7H,2,5-6H2,1H3,(H,14,17). The molecular formula is C12H13ClN2O2. The van der Waals surface area contributed by atoms with Gasteiger partial charge in [0, 0.05) is 11.6 Å². The third kappa shape index (κ3) is 2.26. The second-order valence-corrected chi connectivity index (χ2v) is 4.35. The molecular weight excluding hydrogens is 240 g/mol. The number of rotatable bonds is 2. The van der Waals surface area contributed by atoms with Crippen LogP contribution in [0.3, 0.4) is 0 Å². The molecule has 0 unspecified atom stereocenters. The highest BCUT2D eigenvalue weighted by Gasteiger charge is 2.32. The smallest absolute Gasteiger partial charge is 0.328 e. The average Bonchev–Trinajstić information content (AvgIpc) is 2.61. The number of nitrogens with one attached hydrogen (secondary N) is 1.